The SMILES string of the molecule is Cc1ccc(S(=O)(=O)OCCc2ccc(Cl)c(F)c2)cc1. The number of hydrogen-bond donors (Lipinski definition) is 0. The van der Waals surface area contributed by atoms with Gasteiger partial charge in [0.05, 0.1) is 16.5 Å². The zero-order chi connectivity index (χ0) is 15.5. The second-order valence-corrected chi connectivity index (χ2v) is 6.61. The molecular weight excluding hydrogens is 315 g/mol. The van der Waals surface area contributed by atoms with E-state index in [0.717, 1.165) is 5.56 Å². The molecule has 0 aliphatic heterocycles. The first-order valence-electron chi connectivity index (χ1n) is 6.28. The Labute approximate surface area is 128 Å². The lowest BCUT2D eigenvalue weighted by Gasteiger charge is -2.06. The topological polar surface area (TPSA) is 43.4 Å². The van der Waals surface area contributed by atoms with Gasteiger partial charge in [-0.25, -0.2) is 4.39 Å². The molecule has 0 unspecified atom stereocenters. The van der Waals surface area contributed by atoms with Crippen molar-refractivity contribution in [2.24, 2.45) is 0 Å². The summed E-state index contributed by atoms with van der Waals surface area (Å²) >= 11 is 5.58. The van der Waals surface area contributed by atoms with Crippen molar-refractivity contribution in [2.45, 2.75) is 18.2 Å². The number of aryl methyl sites for hydroxylation is 1. The van der Waals surface area contributed by atoms with Crippen LogP contribution >= 0.6 is 11.6 Å². The normalized spacial score (nSPS) is 11.6. The molecule has 2 rings (SSSR count). The van der Waals surface area contributed by atoms with E-state index >= 15 is 0 Å². The van der Waals surface area contributed by atoms with Crippen molar-refractivity contribution >= 4 is 21.7 Å². The predicted molar refractivity (Wildman–Crippen MR) is 79.4 cm³/mol. The highest BCUT2D eigenvalue weighted by Crippen LogP contribution is 2.17. The molecule has 0 bridgehead atoms. The Morgan fingerprint density at radius 3 is 2.43 bits per heavy atom. The molecule has 0 saturated heterocycles. The first-order valence-corrected chi connectivity index (χ1v) is 8.07. The number of benzene rings is 2. The van der Waals surface area contributed by atoms with E-state index in [4.69, 9.17) is 15.8 Å². The standard InChI is InChI=1S/C15H14ClFO3S/c1-11-2-5-13(6-3-11)21(18,19)20-9-8-12-4-7-14(16)15(17)10-12/h2-7,10H,8-9H2,1H3. The molecule has 0 heterocycles. The first-order chi connectivity index (χ1) is 9.88. The van der Waals surface area contributed by atoms with Crippen molar-refractivity contribution in [3.8, 4) is 0 Å². The van der Waals surface area contributed by atoms with Crippen LogP contribution in [0.4, 0.5) is 4.39 Å². The summed E-state index contributed by atoms with van der Waals surface area (Å²) in [6.07, 6.45) is 0.277. The first kappa shape index (κ1) is 15.9. The van der Waals surface area contributed by atoms with Gasteiger partial charge < -0.3 is 0 Å². The Balaban J connectivity index is 1.98. The van der Waals surface area contributed by atoms with Crippen molar-refractivity contribution in [1.29, 1.82) is 0 Å². The van der Waals surface area contributed by atoms with Crippen LogP contribution in [0.2, 0.25) is 5.02 Å². The Morgan fingerprint density at radius 2 is 1.81 bits per heavy atom. The average Bonchev–Trinajstić information content (AvgIpc) is 2.43. The Hall–Kier alpha value is -1.43. The molecular formula is C15H14ClFO3S. The van der Waals surface area contributed by atoms with Crippen LogP contribution in [0.5, 0.6) is 0 Å². The average molecular weight is 329 g/mol. The van der Waals surface area contributed by atoms with E-state index in [1.165, 1.54) is 24.3 Å². The van der Waals surface area contributed by atoms with Gasteiger partial charge in [0.15, 0.2) is 0 Å². The van der Waals surface area contributed by atoms with Gasteiger partial charge in [-0.15, -0.1) is 0 Å². The van der Waals surface area contributed by atoms with E-state index in [1.807, 2.05) is 6.92 Å². The molecule has 3 nitrogen and oxygen atoms in total. The fourth-order valence-corrected chi connectivity index (χ4v) is 2.76. The molecule has 0 amide bonds. The number of rotatable bonds is 5. The molecule has 21 heavy (non-hydrogen) atoms. The minimum absolute atomic E-state index is 0.0342. The summed E-state index contributed by atoms with van der Waals surface area (Å²) in [6, 6.07) is 10.7. The van der Waals surface area contributed by atoms with Crippen molar-refractivity contribution in [1.82, 2.24) is 0 Å². The van der Waals surface area contributed by atoms with Crippen molar-refractivity contribution in [2.75, 3.05) is 6.61 Å². The lowest BCUT2D eigenvalue weighted by molar-refractivity contribution is 0.322. The van der Waals surface area contributed by atoms with E-state index in [1.54, 1.807) is 18.2 Å². The molecule has 2 aromatic carbocycles. The van der Waals surface area contributed by atoms with Crippen LogP contribution in [-0.4, -0.2) is 15.0 Å². The second kappa shape index (κ2) is 6.56. The van der Waals surface area contributed by atoms with Gasteiger partial charge in [-0.05, 0) is 43.2 Å². The molecule has 0 atom stereocenters. The summed E-state index contributed by atoms with van der Waals surface area (Å²) in [5.41, 5.74) is 1.58. The minimum atomic E-state index is -3.79. The van der Waals surface area contributed by atoms with Gasteiger partial charge in [-0.3, -0.25) is 4.18 Å². The van der Waals surface area contributed by atoms with Gasteiger partial charge in [0.2, 0.25) is 0 Å². The van der Waals surface area contributed by atoms with Gasteiger partial charge in [0.1, 0.15) is 5.82 Å². The summed E-state index contributed by atoms with van der Waals surface area (Å²) < 4.78 is 42.1. The summed E-state index contributed by atoms with van der Waals surface area (Å²) in [6.45, 7) is 1.81. The highest BCUT2D eigenvalue weighted by molar-refractivity contribution is 7.86. The third-order valence-corrected chi connectivity index (χ3v) is 4.56. The van der Waals surface area contributed by atoms with Crippen LogP contribution < -0.4 is 0 Å². The summed E-state index contributed by atoms with van der Waals surface area (Å²) in [5.74, 6) is -0.532. The molecule has 0 N–H and O–H groups in total. The molecule has 0 radical (unpaired) electrons. The van der Waals surface area contributed by atoms with Crippen LogP contribution in [-0.2, 0) is 20.7 Å². The maximum Gasteiger partial charge on any atom is 0.296 e. The third kappa shape index (κ3) is 4.27. The van der Waals surface area contributed by atoms with E-state index < -0.39 is 15.9 Å². The molecule has 0 aliphatic rings. The van der Waals surface area contributed by atoms with Crippen LogP contribution in [0, 0.1) is 12.7 Å². The predicted octanol–water partition coefficient (Wildman–Crippen LogP) is 3.74. The summed E-state index contributed by atoms with van der Waals surface area (Å²) in [7, 11) is -3.79. The molecule has 6 heteroatoms. The van der Waals surface area contributed by atoms with Crippen LogP contribution in [0.1, 0.15) is 11.1 Å². The lowest BCUT2D eigenvalue weighted by Crippen LogP contribution is -2.09. The van der Waals surface area contributed by atoms with Crippen molar-refractivity contribution < 1.29 is 17.0 Å². The van der Waals surface area contributed by atoms with Gasteiger partial charge in [0, 0.05) is 0 Å². The van der Waals surface area contributed by atoms with E-state index in [-0.39, 0.29) is 22.9 Å². The monoisotopic (exact) mass is 328 g/mol. The maximum absolute atomic E-state index is 13.3. The molecule has 0 saturated carbocycles. The zero-order valence-corrected chi connectivity index (χ0v) is 12.9. The highest BCUT2D eigenvalue weighted by atomic mass is 35.5. The number of hydrogen-bond acceptors (Lipinski definition) is 3. The molecule has 112 valence electrons. The highest BCUT2D eigenvalue weighted by Gasteiger charge is 2.14. The summed E-state index contributed by atoms with van der Waals surface area (Å²) in [4.78, 5) is 0.107. The number of halogens is 2. The quantitative estimate of drug-likeness (QED) is 0.785. The molecule has 2 aromatic rings. The fraction of sp³-hybridized carbons (Fsp3) is 0.200. The van der Waals surface area contributed by atoms with Crippen LogP contribution in [0.15, 0.2) is 47.4 Å². The smallest absolute Gasteiger partial charge is 0.266 e. The Kier molecular flexibility index (Phi) is 4.98. The Morgan fingerprint density at radius 1 is 1.14 bits per heavy atom. The molecule has 0 aliphatic carbocycles. The van der Waals surface area contributed by atoms with Gasteiger partial charge in [-0.1, -0.05) is 35.4 Å². The minimum Gasteiger partial charge on any atom is -0.266 e. The maximum atomic E-state index is 13.3. The van der Waals surface area contributed by atoms with Crippen LogP contribution in [0.25, 0.3) is 0 Å². The van der Waals surface area contributed by atoms with Gasteiger partial charge in [0.25, 0.3) is 10.1 Å². The van der Waals surface area contributed by atoms with Gasteiger partial charge >= 0.3 is 0 Å². The summed E-state index contributed by atoms with van der Waals surface area (Å²) in [5, 5.41) is 0.0342. The second-order valence-electron chi connectivity index (χ2n) is 4.59. The zero-order valence-electron chi connectivity index (χ0n) is 11.3. The molecule has 0 fully saturated rings. The fourth-order valence-electron chi connectivity index (χ4n) is 1.74. The van der Waals surface area contributed by atoms with Crippen molar-refractivity contribution in [3.63, 3.8) is 0 Å². The van der Waals surface area contributed by atoms with E-state index in [0.29, 0.717) is 5.56 Å². The molecule has 0 aromatic heterocycles. The van der Waals surface area contributed by atoms with Crippen LogP contribution in [0.3, 0.4) is 0 Å². The van der Waals surface area contributed by atoms with E-state index in [2.05, 4.69) is 0 Å². The van der Waals surface area contributed by atoms with E-state index in [9.17, 15) is 12.8 Å². The Bertz CT molecular complexity index is 727. The lowest BCUT2D eigenvalue weighted by atomic mass is 10.1. The largest absolute Gasteiger partial charge is 0.296 e. The van der Waals surface area contributed by atoms with Crippen molar-refractivity contribution in [3.05, 3.63) is 64.4 Å². The third-order valence-electron chi connectivity index (χ3n) is 2.92. The molecule has 0 spiro atoms. The van der Waals surface area contributed by atoms with Gasteiger partial charge in [-0.2, -0.15) is 8.42 Å².